The highest BCUT2D eigenvalue weighted by atomic mass is 16.3. The molecule has 0 saturated carbocycles. The van der Waals surface area contributed by atoms with Gasteiger partial charge in [0.1, 0.15) is 11.5 Å². The summed E-state index contributed by atoms with van der Waals surface area (Å²) in [5.41, 5.74) is 3.82. The number of ketones is 2. The maximum atomic E-state index is 13.2. The summed E-state index contributed by atoms with van der Waals surface area (Å²) in [7, 11) is 0. The summed E-state index contributed by atoms with van der Waals surface area (Å²) in [5.74, 6) is 0.645. The van der Waals surface area contributed by atoms with Crippen molar-refractivity contribution < 1.29 is 14.0 Å². The quantitative estimate of drug-likeness (QED) is 0.567. The van der Waals surface area contributed by atoms with E-state index in [4.69, 9.17) is 4.42 Å². The molecule has 3 heterocycles. The summed E-state index contributed by atoms with van der Waals surface area (Å²) in [6.45, 7) is 8.31. The molecule has 3 aromatic rings. The number of benzene rings is 2. The van der Waals surface area contributed by atoms with E-state index < -0.39 is 11.6 Å². The number of Topliss-reactive ketones (excluding diaryl/α,β-unsaturated/α-hetero) is 2. The van der Waals surface area contributed by atoms with Crippen LogP contribution < -0.4 is 0 Å². The van der Waals surface area contributed by atoms with Crippen molar-refractivity contribution in [2.75, 3.05) is 32.7 Å². The van der Waals surface area contributed by atoms with Crippen molar-refractivity contribution in [3.8, 4) is 11.3 Å². The summed E-state index contributed by atoms with van der Waals surface area (Å²) in [4.78, 5) is 31.4. The second kappa shape index (κ2) is 7.68. The van der Waals surface area contributed by atoms with Crippen LogP contribution in [0.4, 0.5) is 0 Å². The van der Waals surface area contributed by atoms with E-state index in [-0.39, 0.29) is 0 Å². The van der Waals surface area contributed by atoms with Gasteiger partial charge in [0.2, 0.25) is 11.6 Å². The van der Waals surface area contributed by atoms with Crippen LogP contribution in [-0.2, 0) is 13.0 Å². The number of fused-ring (bicyclic) bond motifs is 7. The predicted molar refractivity (Wildman–Crippen MR) is 124 cm³/mol. The van der Waals surface area contributed by atoms with Gasteiger partial charge in [-0.15, -0.1) is 0 Å². The summed E-state index contributed by atoms with van der Waals surface area (Å²) in [6, 6.07) is 9.90. The van der Waals surface area contributed by atoms with Crippen LogP contribution in [0.5, 0.6) is 0 Å². The normalized spacial score (nSPS) is 18.8. The molecule has 0 bridgehead atoms. The summed E-state index contributed by atoms with van der Waals surface area (Å²) < 4.78 is 6.34. The molecule has 3 aliphatic rings. The van der Waals surface area contributed by atoms with Crippen LogP contribution >= 0.6 is 0 Å². The van der Waals surface area contributed by atoms with Crippen LogP contribution in [0.25, 0.3) is 22.1 Å². The van der Waals surface area contributed by atoms with Gasteiger partial charge < -0.3 is 9.32 Å². The zero-order valence-electron chi connectivity index (χ0n) is 18.6. The number of hydrogen-bond donors (Lipinski definition) is 0. The predicted octanol–water partition coefficient (Wildman–Crippen LogP) is 4.63. The van der Waals surface area contributed by atoms with Crippen molar-refractivity contribution in [2.45, 2.75) is 39.2 Å². The highest BCUT2D eigenvalue weighted by Crippen LogP contribution is 2.43. The largest absolute Gasteiger partial charge is 0.459 e. The highest BCUT2D eigenvalue weighted by molar-refractivity contribution is 6.54. The second-order valence-electron chi connectivity index (χ2n) is 9.45. The Kier molecular flexibility index (Phi) is 4.77. The van der Waals surface area contributed by atoms with E-state index in [1.807, 2.05) is 37.3 Å². The fourth-order valence-electron chi connectivity index (χ4n) is 5.78. The van der Waals surface area contributed by atoms with Crippen molar-refractivity contribution in [1.29, 1.82) is 0 Å². The molecule has 0 radical (unpaired) electrons. The van der Waals surface area contributed by atoms with E-state index >= 15 is 0 Å². The first-order valence-corrected chi connectivity index (χ1v) is 11.8. The minimum atomic E-state index is -0.408. The van der Waals surface area contributed by atoms with Gasteiger partial charge in [-0.1, -0.05) is 24.3 Å². The smallest absolute Gasteiger partial charge is 0.237 e. The molecule has 6 rings (SSSR count). The Morgan fingerprint density at radius 3 is 2.50 bits per heavy atom. The molecule has 5 nitrogen and oxygen atoms in total. The number of rotatable bonds is 4. The molecule has 0 spiro atoms. The molecule has 0 atom stereocenters. The first-order valence-electron chi connectivity index (χ1n) is 11.8. The van der Waals surface area contributed by atoms with Crippen LogP contribution in [0.1, 0.15) is 56.9 Å². The molecule has 5 heteroatoms. The van der Waals surface area contributed by atoms with Gasteiger partial charge in [0.25, 0.3) is 0 Å². The summed E-state index contributed by atoms with van der Waals surface area (Å²) in [6.07, 6.45) is 4.57. The van der Waals surface area contributed by atoms with Gasteiger partial charge in [0.15, 0.2) is 0 Å². The average Bonchev–Trinajstić information content (AvgIpc) is 3.45. The fraction of sp³-hybridized carbons (Fsp3) is 0.407. The number of furan rings is 1. The molecular weight excluding hydrogens is 400 g/mol. The number of likely N-dealkylation sites (tertiary alicyclic amines) is 1. The third-order valence-corrected chi connectivity index (χ3v) is 7.47. The molecule has 32 heavy (non-hydrogen) atoms. The van der Waals surface area contributed by atoms with Crippen molar-refractivity contribution in [3.63, 3.8) is 0 Å². The van der Waals surface area contributed by atoms with Crippen molar-refractivity contribution in [2.24, 2.45) is 0 Å². The highest BCUT2D eigenvalue weighted by Gasteiger charge is 2.39. The Morgan fingerprint density at radius 2 is 1.66 bits per heavy atom. The van der Waals surface area contributed by atoms with E-state index in [9.17, 15) is 9.59 Å². The van der Waals surface area contributed by atoms with E-state index in [0.717, 1.165) is 65.7 Å². The number of carbonyl (C=O) groups is 2. The number of hydrogen-bond acceptors (Lipinski definition) is 5. The minimum Gasteiger partial charge on any atom is -0.459 e. The minimum absolute atomic E-state index is 0.402. The lowest BCUT2D eigenvalue weighted by Crippen LogP contribution is -2.33. The van der Waals surface area contributed by atoms with Gasteiger partial charge >= 0.3 is 0 Å². The Balaban J connectivity index is 1.32. The van der Waals surface area contributed by atoms with Crippen molar-refractivity contribution in [1.82, 2.24) is 9.80 Å². The summed E-state index contributed by atoms with van der Waals surface area (Å²) >= 11 is 0. The first kappa shape index (κ1) is 19.9. The van der Waals surface area contributed by atoms with E-state index in [0.29, 0.717) is 23.4 Å². The topological polar surface area (TPSA) is 53.8 Å². The molecular formula is C27H28N2O3. The van der Waals surface area contributed by atoms with Gasteiger partial charge in [-0.05, 0) is 81.2 Å². The number of nitrogens with zero attached hydrogens (tertiary/aromatic N) is 2. The monoisotopic (exact) mass is 428 g/mol. The van der Waals surface area contributed by atoms with Crippen LogP contribution in [-0.4, -0.2) is 54.1 Å². The van der Waals surface area contributed by atoms with Gasteiger partial charge in [0.05, 0.1) is 12.1 Å². The lowest BCUT2D eigenvalue weighted by Gasteiger charge is -2.27. The molecule has 2 aromatic carbocycles. The lowest BCUT2D eigenvalue weighted by atomic mass is 9.82. The molecule has 0 N–H and O–H groups in total. The zero-order valence-corrected chi connectivity index (χ0v) is 18.6. The van der Waals surface area contributed by atoms with E-state index in [1.54, 1.807) is 0 Å². The Labute approximate surface area is 188 Å². The van der Waals surface area contributed by atoms with Gasteiger partial charge in [-0.3, -0.25) is 14.5 Å². The average molecular weight is 429 g/mol. The lowest BCUT2D eigenvalue weighted by molar-refractivity contribution is 0.0815. The Morgan fingerprint density at radius 1 is 0.875 bits per heavy atom. The summed E-state index contributed by atoms with van der Waals surface area (Å²) in [5, 5.41) is 1.85. The molecule has 1 aromatic heterocycles. The SMILES string of the molecule is Cc1cccc2c3c(ccc12)-c1oc2c(c1C(=O)C3=O)CCN(CCCN1CCCC1)C2. The Bertz CT molecular complexity index is 1250. The second-order valence-corrected chi connectivity index (χ2v) is 9.45. The number of carbonyl (C=O) groups excluding carboxylic acids is 2. The zero-order chi connectivity index (χ0) is 21.8. The molecule has 1 saturated heterocycles. The Hall–Kier alpha value is -2.76. The maximum absolute atomic E-state index is 13.2. The molecule has 1 aliphatic carbocycles. The molecule has 0 amide bonds. The fourth-order valence-corrected chi connectivity index (χ4v) is 5.78. The van der Waals surface area contributed by atoms with Crippen LogP contribution in [0.3, 0.4) is 0 Å². The molecule has 1 fully saturated rings. The first-order chi connectivity index (χ1) is 15.6. The van der Waals surface area contributed by atoms with Crippen molar-refractivity contribution >= 4 is 22.3 Å². The molecule has 164 valence electrons. The van der Waals surface area contributed by atoms with Gasteiger partial charge in [-0.2, -0.15) is 0 Å². The third-order valence-electron chi connectivity index (χ3n) is 7.47. The van der Waals surface area contributed by atoms with E-state index in [2.05, 4.69) is 9.80 Å². The van der Waals surface area contributed by atoms with Crippen LogP contribution in [0, 0.1) is 6.92 Å². The van der Waals surface area contributed by atoms with Gasteiger partial charge in [-0.25, -0.2) is 0 Å². The van der Waals surface area contributed by atoms with E-state index in [1.165, 1.54) is 25.9 Å². The standard InChI is InChI=1S/C27H28N2O3/c1-17-6-4-7-19-18(17)8-9-21-23(19)25(30)26(31)24-20-10-15-29(16-22(20)32-27(21)24)14-5-13-28-11-2-3-12-28/h4,6-9H,2-3,5,10-16H2,1H3. The van der Waals surface area contributed by atoms with Crippen LogP contribution in [0.2, 0.25) is 0 Å². The molecule has 0 unspecified atom stereocenters. The molecule has 2 aliphatic heterocycles. The van der Waals surface area contributed by atoms with Crippen LogP contribution in [0.15, 0.2) is 34.7 Å². The third kappa shape index (κ3) is 3.06. The number of aryl methyl sites for hydroxylation is 1. The maximum Gasteiger partial charge on any atom is 0.237 e. The van der Waals surface area contributed by atoms with Gasteiger partial charge in [0, 0.05) is 23.2 Å². The van der Waals surface area contributed by atoms with Crippen molar-refractivity contribution in [3.05, 3.63) is 58.3 Å².